The largest absolute Gasteiger partial charge is 0.316 e. The molecule has 2 heterocycles. The topological polar surface area (TPSA) is 15.3 Å². The molecule has 2 nitrogen and oxygen atoms in total. The minimum Gasteiger partial charge on any atom is -0.316 e. The van der Waals surface area contributed by atoms with E-state index in [2.05, 4.69) is 34.5 Å². The van der Waals surface area contributed by atoms with E-state index in [0.29, 0.717) is 0 Å². The number of nitrogens with zero attached hydrogens (tertiary/aromatic N) is 1. The first-order chi connectivity index (χ1) is 7.42. The van der Waals surface area contributed by atoms with E-state index in [1.54, 1.807) is 0 Å². The maximum atomic E-state index is 3.44. The van der Waals surface area contributed by atoms with Crippen LogP contribution in [0.3, 0.4) is 0 Å². The van der Waals surface area contributed by atoms with Crippen LogP contribution >= 0.6 is 0 Å². The van der Waals surface area contributed by atoms with Gasteiger partial charge in [-0.3, -0.25) is 4.90 Å². The van der Waals surface area contributed by atoms with Crippen LogP contribution in [0.15, 0.2) is 24.3 Å². The van der Waals surface area contributed by atoms with Gasteiger partial charge in [0.25, 0.3) is 0 Å². The fourth-order valence-corrected chi connectivity index (χ4v) is 2.77. The quantitative estimate of drug-likeness (QED) is 0.784. The summed E-state index contributed by atoms with van der Waals surface area (Å²) in [5.74, 6) is 0.874. The Labute approximate surface area is 91.3 Å². The Kier molecular flexibility index (Phi) is 2.47. The molecule has 0 amide bonds. The van der Waals surface area contributed by atoms with E-state index < -0.39 is 0 Å². The molecule has 2 aliphatic rings. The molecule has 2 aliphatic heterocycles. The fourth-order valence-electron chi connectivity index (χ4n) is 2.77. The zero-order chi connectivity index (χ0) is 10.1. The standard InChI is InChI=1S/C13H18N2/c1-2-4-13-10-15(9-12(13)3-1)8-11-5-6-14-7-11/h1-4,11,14H,5-10H2. The molecule has 1 fully saturated rings. The molecule has 0 bridgehead atoms. The van der Waals surface area contributed by atoms with Gasteiger partial charge in [-0.2, -0.15) is 0 Å². The third-order valence-electron chi connectivity index (χ3n) is 3.59. The summed E-state index contributed by atoms with van der Waals surface area (Å²) in [4.78, 5) is 2.59. The normalized spacial score (nSPS) is 25.7. The first-order valence-corrected chi connectivity index (χ1v) is 5.91. The van der Waals surface area contributed by atoms with Crippen LogP contribution in [-0.4, -0.2) is 24.5 Å². The Morgan fingerprint density at radius 3 is 2.53 bits per heavy atom. The first kappa shape index (κ1) is 9.37. The molecule has 2 heteroatoms. The summed E-state index contributed by atoms with van der Waals surface area (Å²) in [6.07, 6.45) is 1.35. The maximum Gasteiger partial charge on any atom is 0.0240 e. The first-order valence-electron chi connectivity index (χ1n) is 5.91. The summed E-state index contributed by atoms with van der Waals surface area (Å²) in [7, 11) is 0. The average Bonchev–Trinajstić information content (AvgIpc) is 2.86. The van der Waals surface area contributed by atoms with E-state index in [1.165, 1.54) is 37.2 Å². The van der Waals surface area contributed by atoms with Crippen LogP contribution in [0.1, 0.15) is 17.5 Å². The lowest BCUT2D eigenvalue weighted by Crippen LogP contribution is -2.25. The third-order valence-corrected chi connectivity index (χ3v) is 3.59. The third kappa shape index (κ3) is 1.92. The van der Waals surface area contributed by atoms with Crippen molar-refractivity contribution in [1.29, 1.82) is 0 Å². The van der Waals surface area contributed by atoms with E-state index in [4.69, 9.17) is 0 Å². The molecular formula is C13H18N2. The molecule has 1 saturated heterocycles. The molecule has 0 radical (unpaired) electrons. The summed E-state index contributed by atoms with van der Waals surface area (Å²) in [5.41, 5.74) is 3.06. The second-order valence-electron chi connectivity index (χ2n) is 4.80. The number of hydrogen-bond donors (Lipinski definition) is 1. The number of nitrogens with one attached hydrogen (secondary N) is 1. The highest BCUT2D eigenvalue weighted by Gasteiger charge is 2.22. The van der Waals surface area contributed by atoms with E-state index in [9.17, 15) is 0 Å². The van der Waals surface area contributed by atoms with Gasteiger partial charge in [0.1, 0.15) is 0 Å². The molecule has 0 aliphatic carbocycles. The van der Waals surface area contributed by atoms with Crippen molar-refractivity contribution >= 4 is 0 Å². The molecular weight excluding hydrogens is 184 g/mol. The summed E-state index contributed by atoms with van der Waals surface area (Å²) < 4.78 is 0. The van der Waals surface area contributed by atoms with E-state index >= 15 is 0 Å². The molecule has 0 aromatic heterocycles. The molecule has 15 heavy (non-hydrogen) atoms. The summed E-state index contributed by atoms with van der Waals surface area (Å²) in [6.45, 7) is 6.01. The predicted molar refractivity (Wildman–Crippen MR) is 61.5 cm³/mol. The number of rotatable bonds is 2. The Balaban J connectivity index is 1.63. The van der Waals surface area contributed by atoms with Crippen LogP contribution in [0.2, 0.25) is 0 Å². The van der Waals surface area contributed by atoms with Crippen LogP contribution in [0.5, 0.6) is 0 Å². The number of fused-ring (bicyclic) bond motifs is 1. The summed E-state index contributed by atoms with van der Waals surface area (Å²) >= 11 is 0. The summed E-state index contributed by atoms with van der Waals surface area (Å²) in [6, 6.07) is 8.84. The number of benzene rings is 1. The Hall–Kier alpha value is -0.860. The highest BCUT2D eigenvalue weighted by molar-refractivity contribution is 5.30. The lowest BCUT2D eigenvalue weighted by Gasteiger charge is -2.18. The molecule has 80 valence electrons. The monoisotopic (exact) mass is 202 g/mol. The smallest absolute Gasteiger partial charge is 0.0240 e. The fraction of sp³-hybridized carbons (Fsp3) is 0.538. The van der Waals surface area contributed by atoms with Gasteiger partial charge < -0.3 is 5.32 Å². The predicted octanol–water partition coefficient (Wildman–Crippen LogP) is 1.61. The van der Waals surface area contributed by atoms with Crippen molar-refractivity contribution in [3.63, 3.8) is 0 Å². The van der Waals surface area contributed by atoms with Crippen molar-refractivity contribution in [3.05, 3.63) is 35.4 Å². The maximum absolute atomic E-state index is 3.44. The van der Waals surface area contributed by atoms with Crippen molar-refractivity contribution in [3.8, 4) is 0 Å². The Morgan fingerprint density at radius 1 is 1.20 bits per heavy atom. The van der Waals surface area contributed by atoms with Gasteiger partial charge in [-0.25, -0.2) is 0 Å². The van der Waals surface area contributed by atoms with Crippen LogP contribution in [-0.2, 0) is 13.1 Å². The minimum absolute atomic E-state index is 0.874. The van der Waals surface area contributed by atoms with Crippen LogP contribution in [0.25, 0.3) is 0 Å². The van der Waals surface area contributed by atoms with Gasteiger partial charge in [0.05, 0.1) is 0 Å². The molecule has 1 atom stereocenters. The van der Waals surface area contributed by atoms with Crippen LogP contribution in [0, 0.1) is 5.92 Å². The summed E-state index contributed by atoms with van der Waals surface area (Å²) in [5, 5.41) is 3.44. The van der Waals surface area contributed by atoms with Crippen LogP contribution in [0.4, 0.5) is 0 Å². The van der Waals surface area contributed by atoms with Gasteiger partial charge in [0.15, 0.2) is 0 Å². The van der Waals surface area contributed by atoms with Crippen molar-refractivity contribution in [1.82, 2.24) is 10.2 Å². The molecule has 1 aromatic rings. The molecule has 1 aromatic carbocycles. The highest BCUT2D eigenvalue weighted by atomic mass is 15.1. The Morgan fingerprint density at radius 2 is 1.93 bits per heavy atom. The van der Waals surface area contributed by atoms with Gasteiger partial charge in [0, 0.05) is 19.6 Å². The SMILES string of the molecule is c1ccc2c(c1)CN(CC1CCNC1)C2. The van der Waals surface area contributed by atoms with Crippen molar-refractivity contribution < 1.29 is 0 Å². The zero-order valence-electron chi connectivity index (χ0n) is 9.08. The molecule has 3 rings (SSSR count). The van der Waals surface area contributed by atoms with Gasteiger partial charge in [-0.15, -0.1) is 0 Å². The lowest BCUT2D eigenvalue weighted by molar-refractivity contribution is 0.243. The molecule has 1 N–H and O–H groups in total. The van der Waals surface area contributed by atoms with Gasteiger partial charge >= 0.3 is 0 Å². The van der Waals surface area contributed by atoms with Gasteiger partial charge in [0.2, 0.25) is 0 Å². The second kappa shape index (κ2) is 3.95. The van der Waals surface area contributed by atoms with E-state index in [-0.39, 0.29) is 0 Å². The van der Waals surface area contributed by atoms with Crippen LogP contribution < -0.4 is 5.32 Å². The molecule has 0 spiro atoms. The lowest BCUT2D eigenvalue weighted by atomic mass is 10.1. The molecule has 1 unspecified atom stereocenters. The second-order valence-corrected chi connectivity index (χ2v) is 4.80. The zero-order valence-corrected chi connectivity index (χ0v) is 9.08. The van der Waals surface area contributed by atoms with Gasteiger partial charge in [-0.05, 0) is 36.6 Å². The van der Waals surface area contributed by atoms with Crippen molar-refractivity contribution in [2.45, 2.75) is 19.5 Å². The Bertz CT molecular complexity index is 317. The number of hydrogen-bond acceptors (Lipinski definition) is 2. The molecule has 0 saturated carbocycles. The van der Waals surface area contributed by atoms with Gasteiger partial charge in [-0.1, -0.05) is 24.3 Å². The van der Waals surface area contributed by atoms with E-state index in [0.717, 1.165) is 19.0 Å². The van der Waals surface area contributed by atoms with Crippen molar-refractivity contribution in [2.24, 2.45) is 5.92 Å². The minimum atomic E-state index is 0.874. The van der Waals surface area contributed by atoms with E-state index in [1.807, 2.05) is 0 Å². The highest BCUT2D eigenvalue weighted by Crippen LogP contribution is 2.23. The average molecular weight is 202 g/mol. The van der Waals surface area contributed by atoms with Crippen molar-refractivity contribution in [2.75, 3.05) is 19.6 Å².